The summed E-state index contributed by atoms with van der Waals surface area (Å²) in [6.45, 7) is 0. The second-order valence-corrected chi connectivity index (χ2v) is 5.37. The average molecular weight is 313 g/mol. The number of hydrogen-bond donors (Lipinski definition) is 0. The van der Waals surface area contributed by atoms with Gasteiger partial charge in [0, 0.05) is 0 Å². The molecule has 0 aromatic heterocycles. The van der Waals surface area contributed by atoms with Crippen molar-refractivity contribution in [3.8, 4) is 5.75 Å². The minimum atomic E-state index is -0.245. The van der Waals surface area contributed by atoms with Gasteiger partial charge >= 0.3 is 5.97 Å². The van der Waals surface area contributed by atoms with Crippen molar-refractivity contribution in [2.45, 2.75) is 38.2 Å². The van der Waals surface area contributed by atoms with Crippen LogP contribution >= 0.6 is 15.9 Å². The lowest BCUT2D eigenvalue weighted by molar-refractivity contribution is 0.0211. The molecule has 0 atom stereocenters. The van der Waals surface area contributed by atoms with E-state index in [0.717, 1.165) is 30.2 Å². The first-order chi connectivity index (χ1) is 8.70. The Hall–Kier alpha value is -1.03. The molecule has 4 heteroatoms. The summed E-state index contributed by atoms with van der Waals surface area (Å²) in [6, 6.07) is 5.24. The van der Waals surface area contributed by atoms with Crippen molar-refractivity contribution in [2.75, 3.05) is 7.11 Å². The molecule has 1 aliphatic carbocycles. The Morgan fingerprint density at radius 1 is 1.28 bits per heavy atom. The van der Waals surface area contributed by atoms with Gasteiger partial charge in [0.2, 0.25) is 0 Å². The SMILES string of the molecule is COc1ccc(C(=O)OC2CCCCC2)cc1Br. The molecule has 0 radical (unpaired) electrons. The zero-order chi connectivity index (χ0) is 13.0. The van der Waals surface area contributed by atoms with E-state index in [2.05, 4.69) is 15.9 Å². The molecule has 0 unspecified atom stereocenters. The van der Waals surface area contributed by atoms with E-state index in [1.807, 2.05) is 0 Å². The highest BCUT2D eigenvalue weighted by atomic mass is 79.9. The highest BCUT2D eigenvalue weighted by molar-refractivity contribution is 9.10. The van der Waals surface area contributed by atoms with Gasteiger partial charge in [-0.25, -0.2) is 4.79 Å². The van der Waals surface area contributed by atoms with Gasteiger partial charge in [-0.05, 0) is 59.8 Å². The molecule has 0 bridgehead atoms. The quantitative estimate of drug-likeness (QED) is 0.793. The van der Waals surface area contributed by atoms with Crippen LogP contribution in [0.1, 0.15) is 42.5 Å². The molecule has 0 N–H and O–H groups in total. The third-order valence-electron chi connectivity index (χ3n) is 3.21. The third-order valence-corrected chi connectivity index (χ3v) is 3.83. The average Bonchev–Trinajstić information content (AvgIpc) is 2.39. The molecule has 1 aromatic carbocycles. The fourth-order valence-electron chi connectivity index (χ4n) is 2.20. The lowest BCUT2D eigenvalue weighted by atomic mass is 9.98. The van der Waals surface area contributed by atoms with Gasteiger partial charge in [0.05, 0.1) is 17.1 Å². The van der Waals surface area contributed by atoms with Gasteiger partial charge in [-0.3, -0.25) is 0 Å². The van der Waals surface area contributed by atoms with E-state index in [-0.39, 0.29) is 12.1 Å². The topological polar surface area (TPSA) is 35.5 Å². The Balaban J connectivity index is 2.01. The third kappa shape index (κ3) is 3.25. The van der Waals surface area contributed by atoms with Gasteiger partial charge < -0.3 is 9.47 Å². The van der Waals surface area contributed by atoms with Crippen molar-refractivity contribution >= 4 is 21.9 Å². The second-order valence-electron chi connectivity index (χ2n) is 4.51. The Labute approximate surface area is 116 Å². The van der Waals surface area contributed by atoms with Crippen LogP contribution in [0.5, 0.6) is 5.75 Å². The van der Waals surface area contributed by atoms with Crippen LogP contribution in [-0.4, -0.2) is 19.2 Å². The van der Waals surface area contributed by atoms with E-state index in [0.29, 0.717) is 11.3 Å². The number of methoxy groups -OCH3 is 1. The van der Waals surface area contributed by atoms with Gasteiger partial charge in [-0.2, -0.15) is 0 Å². The maximum absolute atomic E-state index is 12.0. The van der Waals surface area contributed by atoms with Crippen LogP contribution in [0.2, 0.25) is 0 Å². The number of carbonyl (C=O) groups excluding carboxylic acids is 1. The summed E-state index contributed by atoms with van der Waals surface area (Å²) < 4.78 is 11.4. The lowest BCUT2D eigenvalue weighted by Crippen LogP contribution is -2.20. The maximum atomic E-state index is 12.0. The fourth-order valence-corrected chi connectivity index (χ4v) is 2.74. The number of ether oxygens (including phenoxy) is 2. The number of rotatable bonds is 3. The predicted molar refractivity (Wildman–Crippen MR) is 73.0 cm³/mol. The Morgan fingerprint density at radius 2 is 2.00 bits per heavy atom. The van der Waals surface area contributed by atoms with Crippen molar-refractivity contribution in [1.29, 1.82) is 0 Å². The van der Waals surface area contributed by atoms with E-state index in [1.54, 1.807) is 25.3 Å². The second kappa shape index (κ2) is 6.23. The van der Waals surface area contributed by atoms with Crippen molar-refractivity contribution in [3.05, 3.63) is 28.2 Å². The van der Waals surface area contributed by atoms with Crippen LogP contribution in [0.3, 0.4) is 0 Å². The maximum Gasteiger partial charge on any atom is 0.338 e. The molecule has 98 valence electrons. The molecule has 3 nitrogen and oxygen atoms in total. The summed E-state index contributed by atoms with van der Waals surface area (Å²) in [5.41, 5.74) is 0.563. The fraction of sp³-hybridized carbons (Fsp3) is 0.500. The molecular weight excluding hydrogens is 296 g/mol. The Bertz CT molecular complexity index is 425. The molecule has 2 rings (SSSR count). The monoisotopic (exact) mass is 312 g/mol. The van der Waals surface area contributed by atoms with Crippen LogP contribution in [0.4, 0.5) is 0 Å². The number of carbonyl (C=O) groups is 1. The van der Waals surface area contributed by atoms with E-state index in [9.17, 15) is 4.79 Å². The molecule has 0 aliphatic heterocycles. The van der Waals surface area contributed by atoms with E-state index in [1.165, 1.54) is 6.42 Å². The summed E-state index contributed by atoms with van der Waals surface area (Å²) in [4.78, 5) is 12.0. The minimum absolute atomic E-state index is 0.0899. The summed E-state index contributed by atoms with van der Waals surface area (Å²) in [7, 11) is 1.60. The highest BCUT2D eigenvalue weighted by Crippen LogP contribution is 2.27. The van der Waals surface area contributed by atoms with Gasteiger partial charge in [0.1, 0.15) is 11.9 Å². The summed E-state index contributed by atoms with van der Waals surface area (Å²) in [6.07, 6.45) is 5.63. The van der Waals surface area contributed by atoms with Crippen LogP contribution in [0.25, 0.3) is 0 Å². The number of halogens is 1. The lowest BCUT2D eigenvalue weighted by Gasteiger charge is -2.21. The van der Waals surface area contributed by atoms with Crippen LogP contribution in [0, 0.1) is 0 Å². The molecular formula is C14H17BrO3. The zero-order valence-electron chi connectivity index (χ0n) is 10.4. The van der Waals surface area contributed by atoms with E-state index < -0.39 is 0 Å². The summed E-state index contributed by atoms with van der Waals surface area (Å²) in [5.74, 6) is 0.467. The first-order valence-electron chi connectivity index (χ1n) is 6.25. The molecule has 0 spiro atoms. The molecule has 18 heavy (non-hydrogen) atoms. The first kappa shape index (κ1) is 13.4. The predicted octanol–water partition coefficient (Wildman–Crippen LogP) is 3.95. The van der Waals surface area contributed by atoms with Gasteiger partial charge in [-0.15, -0.1) is 0 Å². The van der Waals surface area contributed by atoms with Crippen molar-refractivity contribution in [3.63, 3.8) is 0 Å². The Kier molecular flexibility index (Phi) is 4.64. The molecule has 1 aliphatic rings. The summed E-state index contributed by atoms with van der Waals surface area (Å²) in [5, 5.41) is 0. The molecule has 0 amide bonds. The van der Waals surface area contributed by atoms with E-state index >= 15 is 0 Å². The van der Waals surface area contributed by atoms with Gasteiger partial charge in [-0.1, -0.05) is 6.42 Å². The Morgan fingerprint density at radius 3 is 2.61 bits per heavy atom. The standard InChI is InChI=1S/C14H17BrO3/c1-17-13-8-7-10(9-12(13)15)14(16)18-11-5-3-2-4-6-11/h7-9,11H,2-6H2,1H3. The molecule has 1 fully saturated rings. The number of esters is 1. The van der Waals surface area contributed by atoms with Crippen LogP contribution in [0.15, 0.2) is 22.7 Å². The van der Waals surface area contributed by atoms with Crippen molar-refractivity contribution in [2.24, 2.45) is 0 Å². The summed E-state index contributed by atoms with van der Waals surface area (Å²) >= 11 is 3.37. The smallest absolute Gasteiger partial charge is 0.338 e. The van der Waals surface area contributed by atoms with Gasteiger partial charge in [0.15, 0.2) is 0 Å². The largest absolute Gasteiger partial charge is 0.496 e. The number of hydrogen-bond acceptors (Lipinski definition) is 3. The number of benzene rings is 1. The normalized spacial score (nSPS) is 16.3. The minimum Gasteiger partial charge on any atom is -0.496 e. The van der Waals surface area contributed by atoms with Gasteiger partial charge in [0.25, 0.3) is 0 Å². The van der Waals surface area contributed by atoms with Crippen molar-refractivity contribution < 1.29 is 14.3 Å². The van der Waals surface area contributed by atoms with E-state index in [4.69, 9.17) is 9.47 Å². The molecule has 0 saturated heterocycles. The van der Waals surface area contributed by atoms with Crippen LogP contribution in [-0.2, 0) is 4.74 Å². The molecule has 1 saturated carbocycles. The highest BCUT2D eigenvalue weighted by Gasteiger charge is 2.19. The zero-order valence-corrected chi connectivity index (χ0v) is 12.0. The van der Waals surface area contributed by atoms with Crippen LogP contribution < -0.4 is 4.74 Å². The first-order valence-corrected chi connectivity index (χ1v) is 7.04. The van der Waals surface area contributed by atoms with Crippen molar-refractivity contribution in [1.82, 2.24) is 0 Å². The molecule has 1 aromatic rings. The molecule has 0 heterocycles.